The summed E-state index contributed by atoms with van der Waals surface area (Å²) in [6, 6.07) is 8.20. The molecule has 0 radical (unpaired) electrons. The van der Waals surface area contributed by atoms with Gasteiger partial charge in [0.2, 0.25) is 5.91 Å². The molecule has 0 aromatic heterocycles. The first-order valence-electron chi connectivity index (χ1n) is 6.81. The molecule has 104 valence electrons. The van der Waals surface area contributed by atoms with Crippen LogP contribution in [0, 0.1) is 5.92 Å². The molecule has 0 spiro atoms. The molecule has 19 heavy (non-hydrogen) atoms. The minimum absolute atomic E-state index is 0.104. The van der Waals surface area contributed by atoms with Crippen molar-refractivity contribution in [3.63, 3.8) is 0 Å². The van der Waals surface area contributed by atoms with Crippen LogP contribution >= 0.6 is 0 Å². The van der Waals surface area contributed by atoms with Gasteiger partial charge in [-0.2, -0.15) is 0 Å². The van der Waals surface area contributed by atoms with Crippen molar-refractivity contribution in [2.24, 2.45) is 5.92 Å². The fourth-order valence-electron chi connectivity index (χ4n) is 2.53. The van der Waals surface area contributed by atoms with E-state index in [9.17, 15) is 4.79 Å². The zero-order valence-electron chi connectivity index (χ0n) is 11.6. The van der Waals surface area contributed by atoms with Crippen molar-refractivity contribution in [1.29, 1.82) is 0 Å². The molecule has 1 aromatic carbocycles. The summed E-state index contributed by atoms with van der Waals surface area (Å²) < 4.78 is 5.15. The van der Waals surface area contributed by atoms with Gasteiger partial charge in [0.1, 0.15) is 0 Å². The summed E-state index contributed by atoms with van der Waals surface area (Å²) in [5, 5.41) is 6.40. The lowest BCUT2D eigenvalue weighted by Crippen LogP contribution is -2.40. The normalized spacial score (nSPS) is 23.1. The van der Waals surface area contributed by atoms with Crippen LogP contribution in [0.15, 0.2) is 24.3 Å². The number of piperidine rings is 1. The third kappa shape index (κ3) is 3.78. The van der Waals surface area contributed by atoms with E-state index in [-0.39, 0.29) is 11.8 Å². The lowest BCUT2D eigenvalue weighted by Gasteiger charge is -2.27. The van der Waals surface area contributed by atoms with E-state index in [0.29, 0.717) is 12.6 Å². The minimum Gasteiger partial charge on any atom is -0.380 e. The highest BCUT2D eigenvalue weighted by atomic mass is 16.5. The standard InChI is InChI=1S/C15H22N2O2/c1-11-9-12(7-8-16-11)15(18)17-14-6-4-3-5-13(14)10-19-2/h3-6,11-12,16H,7-10H2,1-2H3,(H,17,18)/t11-,12-/m0/s1. The van der Waals surface area contributed by atoms with Crippen molar-refractivity contribution in [2.75, 3.05) is 19.0 Å². The molecule has 1 fully saturated rings. The van der Waals surface area contributed by atoms with E-state index in [1.54, 1.807) is 7.11 Å². The number of methoxy groups -OCH3 is 1. The third-order valence-electron chi connectivity index (χ3n) is 3.57. The van der Waals surface area contributed by atoms with E-state index >= 15 is 0 Å². The van der Waals surface area contributed by atoms with Crippen molar-refractivity contribution >= 4 is 11.6 Å². The largest absolute Gasteiger partial charge is 0.380 e. The number of para-hydroxylation sites is 1. The number of benzene rings is 1. The Morgan fingerprint density at radius 2 is 2.26 bits per heavy atom. The van der Waals surface area contributed by atoms with Crippen molar-refractivity contribution in [3.05, 3.63) is 29.8 Å². The predicted octanol–water partition coefficient (Wildman–Crippen LogP) is 2.16. The first kappa shape index (κ1) is 14.0. The van der Waals surface area contributed by atoms with E-state index in [1.165, 1.54) is 0 Å². The molecule has 0 unspecified atom stereocenters. The van der Waals surface area contributed by atoms with E-state index < -0.39 is 0 Å². The molecule has 1 aliphatic rings. The van der Waals surface area contributed by atoms with Crippen molar-refractivity contribution in [1.82, 2.24) is 5.32 Å². The zero-order chi connectivity index (χ0) is 13.7. The minimum atomic E-state index is 0.104. The van der Waals surface area contributed by atoms with E-state index in [1.807, 2.05) is 24.3 Å². The van der Waals surface area contributed by atoms with Gasteiger partial charge in [-0.3, -0.25) is 4.79 Å². The Labute approximate surface area is 114 Å². The Bertz CT molecular complexity index is 434. The number of carbonyl (C=O) groups excluding carboxylic acids is 1. The molecule has 0 saturated carbocycles. The SMILES string of the molecule is COCc1ccccc1NC(=O)[C@H]1CCN[C@@H](C)C1. The maximum atomic E-state index is 12.3. The summed E-state index contributed by atoms with van der Waals surface area (Å²) in [7, 11) is 1.66. The molecule has 4 heteroatoms. The molecule has 1 aromatic rings. The van der Waals surface area contributed by atoms with E-state index in [0.717, 1.165) is 30.6 Å². The summed E-state index contributed by atoms with van der Waals surface area (Å²) >= 11 is 0. The Morgan fingerprint density at radius 3 is 3.00 bits per heavy atom. The van der Waals surface area contributed by atoms with Gasteiger partial charge in [-0.25, -0.2) is 0 Å². The number of rotatable bonds is 4. The molecule has 2 N–H and O–H groups in total. The number of ether oxygens (including phenoxy) is 1. The number of anilines is 1. The second kappa shape index (κ2) is 6.68. The smallest absolute Gasteiger partial charge is 0.227 e. The van der Waals surface area contributed by atoms with Crippen LogP contribution in [0.3, 0.4) is 0 Å². The summed E-state index contributed by atoms with van der Waals surface area (Å²) in [6.07, 6.45) is 1.81. The highest BCUT2D eigenvalue weighted by molar-refractivity contribution is 5.93. The Balaban J connectivity index is 2.02. The van der Waals surface area contributed by atoms with Crippen LogP contribution in [0.2, 0.25) is 0 Å². The molecule has 1 aliphatic heterocycles. The van der Waals surface area contributed by atoms with Crippen LogP contribution in [0.25, 0.3) is 0 Å². The predicted molar refractivity (Wildman–Crippen MR) is 76.0 cm³/mol. The number of nitrogens with one attached hydrogen (secondary N) is 2. The first-order valence-corrected chi connectivity index (χ1v) is 6.81. The summed E-state index contributed by atoms with van der Waals surface area (Å²) in [6.45, 7) is 3.55. The molecule has 4 nitrogen and oxygen atoms in total. The lowest BCUT2D eigenvalue weighted by atomic mass is 9.92. The van der Waals surface area contributed by atoms with Crippen LogP contribution in [0.4, 0.5) is 5.69 Å². The summed E-state index contributed by atoms with van der Waals surface area (Å²) in [5.74, 6) is 0.226. The number of hydrogen-bond acceptors (Lipinski definition) is 3. The second-order valence-corrected chi connectivity index (χ2v) is 5.16. The highest BCUT2D eigenvalue weighted by Crippen LogP contribution is 2.21. The van der Waals surface area contributed by atoms with Crippen LogP contribution in [-0.2, 0) is 16.1 Å². The molecule has 1 amide bonds. The second-order valence-electron chi connectivity index (χ2n) is 5.16. The molecule has 2 rings (SSSR count). The topological polar surface area (TPSA) is 50.4 Å². The quantitative estimate of drug-likeness (QED) is 0.874. The fourth-order valence-corrected chi connectivity index (χ4v) is 2.53. The van der Waals surface area contributed by atoms with Gasteiger partial charge < -0.3 is 15.4 Å². The maximum Gasteiger partial charge on any atom is 0.227 e. The molecule has 0 aliphatic carbocycles. The maximum absolute atomic E-state index is 12.3. The number of amides is 1. The first-order chi connectivity index (χ1) is 9.20. The molecular formula is C15H22N2O2. The van der Waals surface area contributed by atoms with Gasteiger partial charge in [0, 0.05) is 30.3 Å². The molecule has 1 saturated heterocycles. The average molecular weight is 262 g/mol. The Kier molecular flexibility index (Phi) is 4.93. The van der Waals surface area contributed by atoms with Crippen LogP contribution in [0.5, 0.6) is 0 Å². The lowest BCUT2D eigenvalue weighted by molar-refractivity contribution is -0.120. The van der Waals surface area contributed by atoms with Crippen LogP contribution in [-0.4, -0.2) is 25.6 Å². The van der Waals surface area contributed by atoms with Gasteiger partial charge in [0.05, 0.1) is 6.61 Å². The summed E-state index contributed by atoms with van der Waals surface area (Å²) in [4.78, 5) is 12.3. The van der Waals surface area contributed by atoms with Crippen LogP contribution in [0.1, 0.15) is 25.3 Å². The van der Waals surface area contributed by atoms with Gasteiger partial charge in [-0.1, -0.05) is 18.2 Å². The van der Waals surface area contributed by atoms with Gasteiger partial charge in [-0.05, 0) is 32.4 Å². The zero-order valence-corrected chi connectivity index (χ0v) is 11.6. The van der Waals surface area contributed by atoms with Gasteiger partial charge >= 0.3 is 0 Å². The van der Waals surface area contributed by atoms with Crippen molar-refractivity contribution < 1.29 is 9.53 Å². The third-order valence-corrected chi connectivity index (χ3v) is 3.57. The molecule has 1 heterocycles. The number of hydrogen-bond donors (Lipinski definition) is 2. The average Bonchev–Trinajstić information content (AvgIpc) is 2.41. The molecule has 2 atom stereocenters. The fraction of sp³-hybridized carbons (Fsp3) is 0.533. The van der Waals surface area contributed by atoms with Crippen molar-refractivity contribution in [3.8, 4) is 0 Å². The van der Waals surface area contributed by atoms with Crippen LogP contribution < -0.4 is 10.6 Å². The van der Waals surface area contributed by atoms with Gasteiger partial charge in [0.15, 0.2) is 0 Å². The van der Waals surface area contributed by atoms with E-state index in [4.69, 9.17) is 4.74 Å². The highest BCUT2D eigenvalue weighted by Gasteiger charge is 2.24. The van der Waals surface area contributed by atoms with Gasteiger partial charge in [-0.15, -0.1) is 0 Å². The van der Waals surface area contributed by atoms with Gasteiger partial charge in [0.25, 0.3) is 0 Å². The monoisotopic (exact) mass is 262 g/mol. The van der Waals surface area contributed by atoms with E-state index in [2.05, 4.69) is 17.6 Å². The molecular weight excluding hydrogens is 240 g/mol. The number of carbonyl (C=O) groups is 1. The Hall–Kier alpha value is -1.39. The molecule has 0 bridgehead atoms. The Morgan fingerprint density at radius 1 is 1.47 bits per heavy atom. The van der Waals surface area contributed by atoms with Crippen molar-refractivity contribution in [2.45, 2.75) is 32.4 Å². The summed E-state index contributed by atoms with van der Waals surface area (Å²) in [5.41, 5.74) is 1.88.